The minimum absolute atomic E-state index is 0.208. The number of nitrogens with one attached hydrogen (secondary N) is 1. The molecule has 0 aromatic carbocycles. The number of nitrogens with zero attached hydrogens (tertiary/aromatic N) is 3. The average Bonchev–Trinajstić information content (AvgIpc) is 2.71. The fraction of sp³-hybridized carbons (Fsp3) is 0.300. The molecular weight excluding hydrogens is 260 g/mol. The Labute approximate surface area is 107 Å². The molecule has 1 N–H and O–H groups in total. The molecule has 2 aromatic rings. The first-order valence-corrected chi connectivity index (χ1v) is 6.11. The Kier molecular flexibility index (Phi) is 3.17. The van der Waals surface area contributed by atoms with Crippen LogP contribution in [0.5, 0.6) is 0 Å². The van der Waals surface area contributed by atoms with Crippen LogP contribution in [0, 0.1) is 13.8 Å². The Hall–Kier alpha value is -1.40. The molecule has 0 bridgehead atoms. The summed E-state index contributed by atoms with van der Waals surface area (Å²) in [6.45, 7) is 3.85. The van der Waals surface area contributed by atoms with Gasteiger partial charge in [-0.05, 0) is 13.8 Å². The van der Waals surface area contributed by atoms with Gasteiger partial charge < -0.3 is 0 Å². The van der Waals surface area contributed by atoms with Gasteiger partial charge >= 0.3 is 0 Å². The summed E-state index contributed by atoms with van der Waals surface area (Å²) in [7, 11) is 1.71. The molecule has 0 aliphatic carbocycles. The van der Waals surface area contributed by atoms with Crippen molar-refractivity contribution >= 4 is 34.0 Å². The predicted octanol–water partition coefficient (Wildman–Crippen LogP) is 2.40. The maximum atomic E-state index is 11.9. The summed E-state index contributed by atoms with van der Waals surface area (Å²) in [6.07, 6.45) is 1.58. The lowest BCUT2D eigenvalue weighted by Gasteiger charge is -1.97. The van der Waals surface area contributed by atoms with E-state index < -0.39 is 0 Å². The van der Waals surface area contributed by atoms with Crippen LogP contribution in [0.15, 0.2) is 6.20 Å². The molecule has 2 aromatic heterocycles. The van der Waals surface area contributed by atoms with Gasteiger partial charge in [-0.15, -0.1) is 11.3 Å². The van der Waals surface area contributed by atoms with Crippen LogP contribution in [0.4, 0.5) is 5.13 Å². The van der Waals surface area contributed by atoms with Crippen LogP contribution in [0.2, 0.25) is 5.02 Å². The predicted molar refractivity (Wildman–Crippen MR) is 67.8 cm³/mol. The minimum atomic E-state index is -0.343. The number of halogens is 1. The topological polar surface area (TPSA) is 59.8 Å². The largest absolute Gasteiger partial charge is 0.296 e. The fourth-order valence-electron chi connectivity index (χ4n) is 1.30. The monoisotopic (exact) mass is 270 g/mol. The summed E-state index contributed by atoms with van der Waals surface area (Å²) >= 11 is 7.31. The number of amides is 1. The number of thiazole rings is 1. The molecule has 1 amide bonds. The van der Waals surface area contributed by atoms with Crippen LogP contribution < -0.4 is 5.32 Å². The Morgan fingerprint density at radius 1 is 1.53 bits per heavy atom. The number of hydrogen-bond acceptors (Lipinski definition) is 4. The maximum Gasteiger partial charge on any atom is 0.279 e. The van der Waals surface area contributed by atoms with E-state index in [-0.39, 0.29) is 11.6 Å². The van der Waals surface area contributed by atoms with Gasteiger partial charge in [-0.25, -0.2) is 4.98 Å². The van der Waals surface area contributed by atoms with Gasteiger partial charge in [0.15, 0.2) is 10.8 Å². The normalized spacial score (nSPS) is 10.6. The third kappa shape index (κ3) is 2.48. The number of hydrogen-bond donors (Lipinski definition) is 1. The van der Waals surface area contributed by atoms with Crippen molar-refractivity contribution in [3.05, 3.63) is 27.5 Å². The molecule has 90 valence electrons. The summed E-state index contributed by atoms with van der Waals surface area (Å²) in [5.74, 6) is -0.343. The molecule has 0 spiro atoms. The summed E-state index contributed by atoms with van der Waals surface area (Å²) < 4.78 is 1.50. The number of rotatable bonds is 2. The second-order valence-corrected chi connectivity index (χ2v) is 5.22. The molecule has 5 nitrogen and oxygen atoms in total. The van der Waals surface area contributed by atoms with Gasteiger partial charge in [0.25, 0.3) is 5.91 Å². The van der Waals surface area contributed by atoms with Crippen LogP contribution in [0.25, 0.3) is 0 Å². The number of carbonyl (C=O) groups is 1. The average molecular weight is 271 g/mol. The Bertz CT molecular complexity index is 555. The van der Waals surface area contributed by atoms with Crippen LogP contribution in [0.3, 0.4) is 0 Å². The van der Waals surface area contributed by atoms with Crippen molar-refractivity contribution in [1.29, 1.82) is 0 Å². The van der Waals surface area contributed by atoms with Gasteiger partial charge in [0, 0.05) is 18.1 Å². The first kappa shape index (κ1) is 12.1. The van der Waals surface area contributed by atoms with Crippen molar-refractivity contribution in [3.8, 4) is 0 Å². The molecule has 17 heavy (non-hydrogen) atoms. The smallest absolute Gasteiger partial charge is 0.279 e. The van der Waals surface area contributed by atoms with Crippen molar-refractivity contribution < 1.29 is 4.79 Å². The molecule has 0 aliphatic rings. The molecule has 0 atom stereocenters. The molecule has 0 aliphatic heterocycles. The first-order chi connectivity index (χ1) is 7.97. The summed E-state index contributed by atoms with van der Waals surface area (Å²) in [5.41, 5.74) is 1.12. The Morgan fingerprint density at radius 3 is 2.71 bits per heavy atom. The second kappa shape index (κ2) is 4.46. The highest BCUT2D eigenvalue weighted by Crippen LogP contribution is 2.22. The van der Waals surface area contributed by atoms with Crippen molar-refractivity contribution in [2.75, 3.05) is 5.32 Å². The molecule has 0 saturated heterocycles. The quantitative estimate of drug-likeness (QED) is 0.912. The van der Waals surface area contributed by atoms with Gasteiger partial charge in [0.05, 0.1) is 10.7 Å². The number of aryl methyl sites for hydroxylation is 3. The van der Waals surface area contributed by atoms with Gasteiger partial charge in [0.1, 0.15) is 0 Å². The van der Waals surface area contributed by atoms with E-state index in [0.29, 0.717) is 10.2 Å². The number of aromatic nitrogens is 3. The SMILES string of the molecule is Cc1nc(NC(=O)c2nn(C)cc2Cl)sc1C. The van der Waals surface area contributed by atoms with E-state index in [4.69, 9.17) is 11.6 Å². The van der Waals surface area contributed by atoms with E-state index in [1.165, 1.54) is 16.0 Å². The molecule has 0 unspecified atom stereocenters. The lowest BCUT2D eigenvalue weighted by Crippen LogP contribution is -2.13. The number of carbonyl (C=O) groups excluding carboxylic acids is 1. The summed E-state index contributed by atoms with van der Waals surface area (Å²) in [5, 5.41) is 7.56. The van der Waals surface area contributed by atoms with Gasteiger partial charge in [-0.1, -0.05) is 11.6 Å². The molecular formula is C10H11ClN4OS. The van der Waals surface area contributed by atoms with Crippen molar-refractivity contribution in [1.82, 2.24) is 14.8 Å². The third-order valence-corrected chi connectivity index (χ3v) is 3.51. The summed E-state index contributed by atoms with van der Waals surface area (Å²) in [4.78, 5) is 17.2. The van der Waals surface area contributed by atoms with E-state index in [0.717, 1.165) is 10.6 Å². The lowest BCUT2D eigenvalue weighted by molar-refractivity contribution is 0.102. The lowest BCUT2D eigenvalue weighted by atomic mass is 10.4. The molecule has 0 saturated carbocycles. The van der Waals surface area contributed by atoms with E-state index in [9.17, 15) is 4.79 Å². The highest BCUT2D eigenvalue weighted by atomic mass is 35.5. The van der Waals surface area contributed by atoms with Gasteiger partial charge in [-0.2, -0.15) is 5.10 Å². The van der Waals surface area contributed by atoms with Crippen molar-refractivity contribution in [2.45, 2.75) is 13.8 Å². The van der Waals surface area contributed by atoms with Crippen LogP contribution >= 0.6 is 22.9 Å². The highest BCUT2D eigenvalue weighted by molar-refractivity contribution is 7.15. The van der Waals surface area contributed by atoms with Gasteiger partial charge in [0.2, 0.25) is 0 Å². The number of anilines is 1. The third-order valence-electron chi connectivity index (χ3n) is 2.25. The first-order valence-electron chi connectivity index (χ1n) is 4.92. The van der Waals surface area contributed by atoms with E-state index in [2.05, 4.69) is 15.4 Å². The van der Waals surface area contributed by atoms with E-state index in [1.807, 2.05) is 13.8 Å². The Morgan fingerprint density at radius 2 is 2.24 bits per heavy atom. The molecule has 0 radical (unpaired) electrons. The standard InChI is InChI=1S/C10H11ClN4OS/c1-5-6(2)17-10(12-5)13-9(16)8-7(11)4-15(3)14-8/h4H,1-3H3,(H,12,13,16). The zero-order chi connectivity index (χ0) is 12.6. The highest BCUT2D eigenvalue weighted by Gasteiger charge is 2.16. The van der Waals surface area contributed by atoms with Crippen molar-refractivity contribution in [2.24, 2.45) is 7.05 Å². The molecule has 7 heteroatoms. The molecule has 2 rings (SSSR count). The van der Waals surface area contributed by atoms with E-state index >= 15 is 0 Å². The van der Waals surface area contributed by atoms with Crippen LogP contribution in [-0.2, 0) is 7.05 Å². The van der Waals surface area contributed by atoms with Crippen LogP contribution in [-0.4, -0.2) is 20.7 Å². The van der Waals surface area contributed by atoms with Gasteiger partial charge in [-0.3, -0.25) is 14.8 Å². The zero-order valence-electron chi connectivity index (χ0n) is 9.61. The van der Waals surface area contributed by atoms with Crippen LogP contribution in [0.1, 0.15) is 21.1 Å². The Balaban J connectivity index is 2.19. The second-order valence-electron chi connectivity index (χ2n) is 3.61. The fourth-order valence-corrected chi connectivity index (χ4v) is 2.37. The van der Waals surface area contributed by atoms with E-state index in [1.54, 1.807) is 13.2 Å². The summed E-state index contributed by atoms with van der Waals surface area (Å²) in [6, 6.07) is 0. The minimum Gasteiger partial charge on any atom is -0.296 e. The van der Waals surface area contributed by atoms with Crippen molar-refractivity contribution in [3.63, 3.8) is 0 Å². The molecule has 0 fully saturated rings. The molecule has 2 heterocycles. The zero-order valence-corrected chi connectivity index (χ0v) is 11.2. The maximum absolute atomic E-state index is 11.9.